The molecule has 2 amide bonds. The van der Waals surface area contributed by atoms with Crippen LogP contribution < -0.4 is 10.6 Å². The van der Waals surface area contributed by atoms with E-state index in [1.807, 2.05) is 13.8 Å². The molecule has 0 saturated carbocycles. The summed E-state index contributed by atoms with van der Waals surface area (Å²) in [6.45, 7) is 3.77. The molecule has 0 aliphatic carbocycles. The predicted octanol–water partition coefficient (Wildman–Crippen LogP) is 0.0212. The molecule has 0 aromatic carbocycles. The normalized spacial score (nSPS) is 22.8. The van der Waals surface area contributed by atoms with Gasteiger partial charge in [0.25, 0.3) is 5.91 Å². The van der Waals surface area contributed by atoms with E-state index < -0.39 is 6.04 Å². The van der Waals surface area contributed by atoms with Gasteiger partial charge in [-0.1, -0.05) is 13.8 Å². The number of aromatic nitrogens is 2. The van der Waals surface area contributed by atoms with Crippen molar-refractivity contribution in [3.05, 3.63) is 23.9 Å². The maximum Gasteiger partial charge on any atom is 0.268 e. The van der Waals surface area contributed by atoms with Crippen LogP contribution in [0.25, 0.3) is 6.08 Å². The first-order valence-corrected chi connectivity index (χ1v) is 5.39. The molecule has 0 radical (unpaired) electrons. The Kier molecular flexibility index (Phi) is 2.95. The van der Waals surface area contributed by atoms with Crippen molar-refractivity contribution in [2.24, 2.45) is 5.92 Å². The van der Waals surface area contributed by atoms with E-state index in [9.17, 15) is 9.59 Å². The third kappa shape index (κ3) is 2.35. The Hall–Kier alpha value is -2.11. The maximum atomic E-state index is 11.8. The molecule has 0 spiro atoms. The lowest BCUT2D eigenvalue weighted by atomic mass is 10.0. The molecule has 1 atom stereocenters. The second-order valence-electron chi connectivity index (χ2n) is 4.25. The largest absolute Gasteiger partial charge is 0.345 e. The number of H-pyrrole nitrogens is 1. The van der Waals surface area contributed by atoms with Gasteiger partial charge in [-0.25, -0.2) is 4.98 Å². The van der Waals surface area contributed by atoms with Crippen LogP contribution in [0.3, 0.4) is 0 Å². The Balaban J connectivity index is 2.18. The number of aromatic amines is 1. The van der Waals surface area contributed by atoms with Crippen LogP contribution in [0.5, 0.6) is 0 Å². The SMILES string of the molecule is CC(C)C1NC(=O)C(=Cc2cnc[nH]2)NC1=O. The number of carbonyl (C=O) groups excluding carboxylic acids is 2. The van der Waals surface area contributed by atoms with Gasteiger partial charge in [0.2, 0.25) is 5.91 Å². The number of imidazole rings is 1. The first kappa shape index (κ1) is 11.4. The van der Waals surface area contributed by atoms with Gasteiger partial charge in [0.05, 0.1) is 18.2 Å². The minimum absolute atomic E-state index is 0.0626. The van der Waals surface area contributed by atoms with E-state index >= 15 is 0 Å². The van der Waals surface area contributed by atoms with Crippen LogP contribution in [0.1, 0.15) is 19.5 Å². The molecule has 2 heterocycles. The molecule has 17 heavy (non-hydrogen) atoms. The molecule has 6 nitrogen and oxygen atoms in total. The first-order chi connectivity index (χ1) is 8.08. The van der Waals surface area contributed by atoms with Crippen LogP contribution >= 0.6 is 0 Å². The zero-order chi connectivity index (χ0) is 12.4. The Bertz CT molecular complexity index is 462. The number of nitrogens with one attached hydrogen (secondary N) is 3. The summed E-state index contributed by atoms with van der Waals surface area (Å²) >= 11 is 0. The quantitative estimate of drug-likeness (QED) is 0.630. The number of amides is 2. The van der Waals surface area contributed by atoms with Crippen molar-refractivity contribution in [3.8, 4) is 0 Å². The molecule has 3 N–H and O–H groups in total. The van der Waals surface area contributed by atoms with Gasteiger partial charge < -0.3 is 15.6 Å². The lowest BCUT2D eigenvalue weighted by Gasteiger charge is -2.27. The molecule has 1 fully saturated rings. The summed E-state index contributed by atoms with van der Waals surface area (Å²) in [7, 11) is 0. The average Bonchev–Trinajstić information content (AvgIpc) is 2.75. The standard InChI is InChI=1S/C11H14N4O2/c1-6(2)9-11(17)14-8(10(16)15-9)3-7-4-12-5-13-7/h3-6,9H,1-2H3,(H,12,13)(H,14,17)(H,15,16). The summed E-state index contributed by atoms with van der Waals surface area (Å²) in [6, 6.07) is -0.471. The Morgan fingerprint density at radius 2 is 2.18 bits per heavy atom. The summed E-state index contributed by atoms with van der Waals surface area (Å²) in [6.07, 6.45) is 4.63. The van der Waals surface area contributed by atoms with Crippen LogP contribution in [0.15, 0.2) is 18.2 Å². The van der Waals surface area contributed by atoms with Crippen LogP contribution in [0, 0.1) is 5.92 Å². The van der Waals surface area contributed by atoms with Gasteiger partial charge in [-0.15, -0.1) is 0 Å². The summed E-state index contributed by atoms with van der Waals surface area (Å²) in [5.41, 5.74) is 0.898. The number of carbonyl (C=O) groups is 2. The minimum atomic E-state index is -0.471. The molecule has 6 heteroatoms. The van der Waals surface area contributed by atoms with E-state index in [4.69, 9.17) is 0 Å². The lowest BCUT2D eigenvalue weighted by Crippen LogP contribution is -2.56. The third-order valence-electron chi connectivity index (χ3n) is 2.56. The third-order valence-corrected chi connectivity index (χ3v) is 2.56. The summed E-state index contributed by atoms with van der Waals surface area (Å²) < 4.78 is 0. The average molecular weight is 234 g/mol. The van der Waals surface area contributed by atoms with E-state index in [0.717, 1.165) is 0 Å². The zero-order valence-corrected chi connectivity index (χ0v) is 9.65. The Morgan fingerprint density at radius 3 is 2.76 bits per heavy atom. The topological polar surface area (TPSA) is 86.9 Å². The van der Waals surface area contributed by atoms with Crippen molar-refractivity contribution in [1.29, 1.82) is 0 Å². The van der Waals surface area contributed by atoms with Crippen molar-refractivity contribution in [3.63, 3.8) is 0 Å². The van der Waals surface area contributed by atoms with Crippen LogP contribution in [0.4, 0.5) is 0 Å². The van der Waals surface area contributed by atoms with E-state index in [0.29, 0.717) is 5.69 Å². The highest BCUT2D eigenvalue weighted by Gasteiger charge is 2.31. The fourth-order valence-electron chi connectivity index (χ4n) is 1.62. The molecule has 1 aromatic heterocycles. The molecule has 90 valence electrons. The molecule has 1 unspecified atom stereocenters. The van der Waals surface area contributed by atoms with Crippen molar-refractivity contribution in [1.82, 2.24) is 20.6 Å². The molecule has 0 bridgehead atoms. The van der Waals surface area contributed by atoms with E-state index in [2.05, 4.69) is 20.6 Å². The van der Waals surface area contributed by atoms with Crippen LogP contribution in [-0.2, 0) is 9.59 Å². The fraction of sp³-hybridized carbons (Fsp3) is 0.364. The molecular formula is C11H14N4O2. The van der Waals surface area contributed by atoms with Gasteiger partial charge in [0.1, 0.15) is 11.7 Å². The molecule has 1 aliphatic rings. The van der Waals surface area contributed by atoms with E-state index in [1.54, 1.807) is 12.3 Å². The first-order valence-electron chi connectivity index (χ1n) is 5.39. The van der Waals surface area contributed by atoms with Crippen molar-refractivity contribution >= 4 is 17.9 Å². The van der Waals surface area contributed by atoms with Gasteiger partial charge in [-0.2, -0.15) is 0 Å². The van der Waals surface area contributed by atoms with Crippen LogP contribution in [-0.4, -0.2) is 27.8 Å². The van der Waals surface area contributed by atoms with Gasteiger partial charge >= 0.3 is 0 Å². The number of hydrogen-bond acceptors (Lipinski definition) is 3. The Labute approximate surface area is 98.5 Å². The maximum absolute atomic E-state index is 11.8. The van der Waals surface area contributed by atoms with Crippen molar-refractivity contribution < 1.29 is 9.59 Å². The number of nitrogens with zero attached hydrogens (tertiary/aromatic N) is 1. The van der Waals surface area contributed by atoms with E-state index in [1.165, 1.54) is 6.33 Å². The summed E-state index contributed by atoms with van der Waals surface area (Å²) in [5.74, 6) is -0.407. The van der Waals surface area contributed by atoms with Crippen molar-refractivity contribution in [2.45, 2.75) is 19.9 Å². The molecule has 1 aliphatic heterocycles. The smallest absolute Gasteiger partial charge is 0.268 e. The molecule has 1 saturated heterocycles. The highest BCUT2D eigenvalue weighted by Crippen LogP contribution is 2.10. The number of hydrogen-bond donors (Lipinski definition) is 3. The monoisotopic (exact) mass is 234 g/mol. The molecular weight excluding hydrogens is 220 g/mol. The fourth-order valence-corrected chi connectivity index (χ4v) is 1.62. The van der Waals surface area contributed by atoms with Gasteiger partial charge in [0, 0.05) is 0 Å². The highest BCUT2D eigenvalue weighted by atomic mass is 16.2. The van der Waals surface area contributed by atoms with Crippen LogP contribution in [0.2, 0.25) is 0 Å². The molecule has 1 aromatic rings. The lowest BCUT2D eigenvalue weighted by molar-refractivity contribution is -0.132. The molecule has 2 rings (SSSR count). The second kappa shape index (κ2) is 4.40. The summed E-state index contributed by atoms with van der Waals surface area (Å²) in [5, 5.41) is 5.27. The summed E-state index contributed by atoms with van der Waals surface area (Å²) in [4.78, 5) is 30.1. The van der Waals surface area contributed by atoms with Gasteiger partial charge in [-0.05, 0) is 12.0 Å². The zero-order valence-electron chi connectivity index (χ0n) is 9.65. The number of piperazine rings is 1. The predicted molar refractivity (Wildman–Crippen MR) is 61.5 cm³/mol. The van der Waals surface area contributed by atoms with Crippen molar-refractivity contribution in [2.75, 3.05) is 0 Å². The number of rotatable bonds is 2. The van der Waals surface area contributed by atoms with Gasteiger partial charge in [0.15, 0.2) is 0 Å². The second-order valence-corrected chi connectivity index (χ2v) is 4.25. The Morgan fingerprint density at radius 1 is 1.41 bits per heavy atom. The highest BCUT2D eigenvalue weighted by molar-refractivity contribution is 6.07. The van der Waals surface area contributed by atoms with Gasteiger partial charge in [-0.3, -0.25) is 9.59 Å². The minimum Gasteiger partial charge on any atom is -0.345 e. The van der Waals surface area contributed by atoms with E-state index in [-0.39, 0.29) is 23.4 Å².